The topological polar surface area (TPSA) is 42.7 Å². The van der Waals surface area contributed by atoms with E-state index >= 15 is 0 Å². The van der Waals surface area contributed by atoms with Crippen molar-refractivity contribution in [2.45, 2.75) is 58.5 Å². The van der Waals surface area contributed by atoms with Crippen molar-refractivity contribution in [1.82, 2.24) is 20.1 Å². The first-order valence-electron chi connectivity index (χ1n) is 6.72. The Morgan fingerprint density at radius 2 is 2.29 bits per heavy atom. The van der Waals surface area contributed by atoms with Gasteiger partial charge in [0.2, 0.25) is 0 Å². The highest BCUT2D eigenvalue weighted by molar-refractivity contribution is 4.95. The summed E-state index contributed by atoms with van der Waals surface area (Å²) in [6, 6.07) is 0.950. The van der Waals surface area contributed by atoms with Crippen LogP contribution in [0.2, 0.25) is 0 Å². The average Bonchev–Trinajstić information content (AvgIpc) is 2.79. The maximum atomic E-state index is 4.33. The molecule has 1 heterocycles. The monoisotopic (exact) mass is 236 g/mol. The van der Waals surface area contributed by atoms with Crippen molar-refractivity contribution in [3.8, 4) is 0 Å². The fraction of sp³-hybridized carbons (Fsp3) is 0.846. The molecule has 2 atom stereocenters. The molecule has 0 saturated heterocycles. The fourth-order valence-corrected chi connectivity index (χ4v) is 3.00. The van der Waals surface area contributed by atoms with Gasteiger partial charge >= 0.3 is 0 Å². The van der Waals surface area contributed by atoms with Gasteiger partial charge in [-0.3, -0.25) is 0 Å². The van der Waals surface area contributed by atoms with E-state index in [1.54, 1.807) is 6.33 Å². The molecule has 0 amide bonds. The summed E-state index contributed by atoms with van der Waals surface area (Å²) in [5.41, 5.74) is 0.337. The summed E-state index contributed by atoms with van der Waals surface area (Å²) in [6.45, 7) is 8.03. The van der Waals surface area contributed by atoms with Crippen LogP contribution >= 0.6 is 0 Å². The average molecular weight is 236 g/mol. The van der Waals surface area contributed by atoms with E-state index in [0.717, 1.165) is 6.54 Å². The van der Waals surface area contributed by atoms with Crippen molar-refractivity contribution in [3.05, 3.63) is 12.7 Å². The molecule has 0 aromatic carbocycles. The predicted molar refractivity (Wildman–Crippen MR) is 68.8 cm³/mol. The maximum absolute atomic E-state index is 4.33. The first-order chi connectivity index (χ1) is 8.15. The van der Waals surface area contributed by atoms with Crippen molar-refractivity contribution in [1.29, 1.82) is 0 Å². The van der Waals surface area contributed by atoms with Gasteiger partial charge in [-0.15, -0.1) is 0 Å². The number of aromatic nitrogens is 3. The first-order valence-corrected chi connectivity index (χ1v) is 6.72. The summed E-state index contributed by atoms with van der Waals surface area (Å²) >= 11 is 0. The molecule has 0 aliphatic heterocycles. The van der Waals surface area contributed by atoms with Gasteiger partial charge in [0.15, 0.2) is 0 Å². The van der Waals surface area contributed by atoms with Crippen molar-refractivity contribution >= 4 is 0 Å². The third-order valence-electron chi connectivity index (χ3n) is 3.94. The van der Waals surface area contributed by atoms with Crippen LogP contribution in [0.5, 0.6) is 0 Å². The molecule has 0 spiro atoms. The van der Waals surface area contributed by atoms with Gasteiger partial charge in [0.25, 0.3) is 0 Å². The second kappa shape index (κ2) is 5.17. The van der Waals surface area contributed by atoms with Crippen LogP contribution in [0.3, 0.4) is 0 Å². The van der Waals surface area contributed by atoms with Gasteiger partial charge in [-0.1, -0.05) is 27.2 Å². The van der Waals surface area contributed by atoms with Crippen LogP contribution in [0.25, 0.3) is 0 Å². The minimum absolute atomic E-state index is 0.337. The molecular formula is C13H24N4. The molecule has 0 bridgehead atoms. The van der Waals surface area contributed by atoms with Crippen LogP contribution in [-0.4, -0.2) is 27.4 Å². The molecule has 1 saturated carbocycles. The Labute approximate surface area is 104 Å². The predicted octanol–water partition coefficient (Wildman–Crippen LogP) is 2.40. The Morgan fingerprint density at radius 3 is 2.94 bits per heavy atom. The Morgan fingerprint density at radius 1 is 1.47 bits per heavy atom. The third-order valence-corrected chi connectivity index (χ3v) is 3.94. The lowest BCUT2D eigenvalue weighted by molar-refractivity contribution is 0.106. The van der Waals surface area contributed by atoms with E-state index in [1.165, 1.54) is 25.7 Å². The molecular weight excluding hydrogens is 212 g/mol. The molecule has 96 valence electrons. The number of hydrogen-bond acceptors (Lipinski definition) is 3. The maximum Gasteiger partial charge on any atom is 0.137 e. The molecule has 1 aliphatic carbocycles. The van der Waals surface area contributed by atoms with E-state index in [4.69, 9.17) is 0 Å². The number of nitrogens with zero attached hydrogens (tertiary/aromatic N) is 3. The van der Waals surface area contributed by atoms with Gasteiger partial charge in [-0.25, -0.2) is 9.67 Å². The standard InChI is InChI=1S/C13H24N4/c1-4-8-15-12-11(17-10-14-9-16-17)6-5-7-13(12,2)3/h9-12,15H,4-8H2,1-3H3. The zero-order valence-electron chi connectivity index (χ0n) is 11.2. The Kier molecular flexibility index (Phi) is 3.82. The van der Waals surface area contributed by atoms with Gasteiger partial charge in [0.1, 0.15) is 12.7 Å². The van der Waals surface area contributed by atoms with Gasteiger partial charge in [0.05, 0.1) is 6.04 Å². The second-order valence-electron chi connectivity index (χ2n) is 5.76. The van der Waals surface area contributed by atoms with Gasteiger partial charge in [0, 0.05) is 6.04 Å². The lowest BCUT2D eigenvalue weighted by Gasteiger charge is -2.44. The van der Waals surface area contributed by atoms with E-state index in [1.807, 2.05) is 11.0 Å². The minimum Gasteiger partial charge on any atom is -0.311 e. The van der Waals surface area contributed by atoms with Crippen LogP contribution < -0.4 is 5.32 Å². The minimum atomic E-state index is 0.337. The summed E-state index contributed by atoms with van der Waals surface area (Å²) in [6.07, 6.45) is 8.44. The highest BCUT2D eigenvalue weighted by Crippen LogP contribution is 2.40. The van der Waals surface area contributed by atoms with E-state index in [0.29, 0.717) is 17.5 Å². The normalized spacial score (nSPS) is 28.2. The smallest absolute Gasteiger partial charge is 0.137 e. The summed E-state index contributed by atoms with van der Waals surface area (Å²) < 4.78 is 2.04. The Bertz CT molecular complexity index is 331. The van der Waals surface area contributed by atoms with E-state index in [-0.39, 0.29) is 0 Å². The van der Waals surface area contributed by atoms with E-state index < -0.39 is 0 Å². The molecule has 1 aromatic rings. The Hall–Kier alpha value is -0.900. The van der Waals surface area contributed by atoms with Crippen molar-refractivity contribution in [2.24, 2.45) is 5.41 Å². The molecule has 1 fully saturated rings. The fourth-order valence-electron chi connectivity index (χ4n) is 3.00. The molecule has 2 rings (SSSR count). The van der Waals surface area contributed by atoms with Crippen LogP contribution in [0, 0.1) is 5.41 Å². The van der Waals surface area contributed by atoms with E-state index in [2.05, 4.69) is 36.2 Å². The quantitative estimate of drug-likeness (QED) is 0.873. The number of nitrogens with one attached hydrogen (secondary N) is 1. The van der Waals surface area contributed by atoms with Crippen LogP contribution in [0.15, 0.2) is 12.7 Å². The molecule has 17 heavy (non-hydrogen) atoms. The largest absolute Gasteiger partial charge is 0.311 e. The van der Waals surface area contributed by atoms with E-state index in [9.17, 15) is 0 Å². The zero-order chi connectivity index (χ0) is 12.3. The molecule has 2 unspecified atom stereocenters. The highest BCUT2D eigenvalue weighted by atomic mass is 15.3. The molecule has 1 aromatic heterocycles. The summed E-state index contributed by atoms with van der Waals surface area (Å²) in [5, 5.41) is 8.04. The number of hydrogen-bond donors (Lipinski definition) is 1. The molecule has 0 radical (unpaired) electrons. The molecule has 4 heteroatoms. The van der Waals surface area contributed by atoms with Crippen LogP contribution in [-0.2, 0) is 0 Å². The van der Waals surface area contributed by atoms with Crippen LogP contribution in [0.4, 0.5) is 0 Å². The van der Waals surface area contributed by atoms with Gasteiger partial charge < -0.3 is 5.32 Å². The lowest BCUT2D eigenvalue weighted by atomic mass is 9.70. The lowest BCUT2D eigenvalue weighted by Crippen LogP contribution is -2.50. The number of rotatable bonds is 4. The summed E-state index contributed by atoms with van der Waals surface area (Å²) in [7, 11) is 0. The van der Waals surface area contributed by atoms with Gasteiger partial charge in [-0.05, 0) is 31.2 Å². The molecule has 1 N–H and O–H groups in total. The SMILES string of the molecule is CCCNC1C(n2cncn2)CCCC1(C)C. The molecule has 1 aliphatic rings. The summed E-state index contributed by atoms with van der Waals surface area (Å²) in [5.74, 6) is 0. The highest BCUT2D eigenvalue weighted by Gasteiger charge is 2.39. The van der Waals surface area contributed by atoms with Crippen molar-refractivity contribution < 1.29 is 0 Å². The first kappa shape index (κ1) is 12.6. The van der Waals surface area contributed by atoms with Crippen LogP contribution in [0.1, 0.15) is 52.5 Å². The summed E-state index contributed by atoms with van der Waals surface area (Å²) in [4.78, 5) is 4.08. The third kappa shape index (κ3) is 2.68. The van der Waals surface area contributed by atoms with Gasteiger partial charge in [-0.2, -0.15) is 5.10 Å². The second-order valence-corrected chi connectivity index (χ2v) is 5.76. The Balaban J connectivity index is 2.16. The van der Waals surface area contributed by atoms with Crippen molar-refractivity contribution in [3.63, 3.8) is 0 Å². The molecule has 4 nitrogen and oxygen atoms in total. The van der Waals surface area contributed by atoms with Crippen molar-refractivity contribution in [2.75, 3.05) is 6.54 Å². The zero-order valence-corrected chi connectivity index (χ0v) is 11.2.